The molecular weight excluding hydrogens is 196 g/mol. The summed E-state index contributed by atoms with van der Waals surface area (Å²) in [6, 6.07) is 0. The van der Waals surface area contributed by atoms with E-state index in [-0.39, 0.29) is 0 Å². The van der Waals surface area contributed by atoms with E-state index >= 15 is 0 Å². The van der Waals surface area contributed by atoms with E-state index in [1.54, 1.807) is 0 Å². The molecule has 0 spiro atoms. The Morgan fingerprint density at radius 1 is 1.12 bits per heavy atom. The Balaban J connectivity index is 3.72. The molecule has 0 aromatic heterocycles. The molecule has 0 radical (unpaired) electrons. The molecule has 0 aliphatic rings. The van der Waals surface area contributed by atoms with Gasteiger partial charge in [0.1, 0.15) is 0 Å². The number of hydrogen-bond acceptors (Lipinski definition) is 1. The summed E-state index contributed by atoms with van der Waals surface area (Å²) in [5.41, 5.74) is 2.40. The van der Waals surface area contributed by atoms with Crippen LogP contribution in [0.3, 0.4) is 0 Å². The third-order valence-corrected chi connectivity index (χ3v) is 2.88. The second kappa shape index (κ2) is 7.67. The molecule has 1 N–H and O–H groups in total. The Morgan fingerprint density at radius 3 is 2.25 bits per heavy atom. The van der Waals surface area contributed by atoms with E-state index in [0.29, 0.717) is 0 Å². The molecule has 1 heteroatoms. The lowest BCUT2D eigenvalue weighted by Gasteiger charge is -2.16. The normalized spacial score (nSPS) is 14.4. The van der Waals surface area contributed by atoms with Gasteiger partial charge in [0, 0.05) is 0 Å². The van der Waals surface area contributed by atoms with Crippen LogP contribution in [0, 0.1) is 0 Å². The lowest BCUT2D eigenvalue weighted by Crippen LogP contribution is -2.17. The minimum Gasteiger partial charge on any atom is -0.390 e. The molecule has 0 rings (SSSR count). The van der Waals surface area contributed by atoms with E-state index in [1.807, 2.05) is 13.8 Å². The second-order valence-electron chi connectivity index (χ2n) is 5.39. The maximum Gasteiger partial charge on any atom is 0.0591 e. The third-order valence-electron chi connectivity index (χ3n) is 2.88. The van der Waals surface area contributed by atoms with Crippen molar-refractivity contribution < 1.29 is 5.11 Å². The summed E-state index contributed by atoms with van der Waals surface area (Å²) in [5, 5.41) is 9.58. The first kappa shape index (κ1) is 15.4. The van der Waals surface area contributed by atoms with Gasteiger partial charge in [0.25, 0.3) is 0 Å². The van der Waals surface area contributed by atoms with E-state index in [4.69, 9.17) is 0 Å². The summed E-state index contributed by atoms with van der Waals surface area (Å²) in [5.74, 6) is 0. The van der Waals surface area contributed by atoms with Gasteiger partial charge in [-0.25, -0.2) is 0 Å². The van der Waals surface area contributed by atoms with E-state index in [9.17, 15) is 5.11 Å². The van der Waals surface area contributed by atoms with Crippen molar-refractivity contribution in [2.45, 2.75) is 72.3 Å². The molecule has 0 bridgehead atoms. The Labute approximate surface area is 101 Å². The third kappa shape index (κ3) is 9.97. The van der Waals surface area contributed by atoms with Gasteiger partial charge in [-0.15, -0.1) is 0 Å². The van der Waals surface area contributed by atoms with Gasteiger partial charge in [-0.2, -0.15) is 0 Å². The van der Waals surface area contributed by atoms with Crippen LogP contribution in [-0.4, -0.2) is 10.7 Å². The van der Waals surface area contributed by atoms with Crippen LogP contribution in [0.5, 0.6) is 0 Å². The summed E-state index contributed by atoms with van der Waals surface area (Å²) in [4.78, 5) is 0. The monoisotopic (exact) mass is 224 g/mol. The van der Waals surface area contributed by atoms with Crippen LogP contribution in [0.2, 0.25) is 0 Å². The van der Waals surface area contributed by atoms with Crippen LogP contribution < -0.4 is 0 Å². The summed E-state index contributed by atoms with van der Waals surface area (Å²) in [6.45, 7) is 10.2. The van der Waals surface area contributed by atoms with Gasteiger partial charge in [-0.05, 0) is 66.7 Å². The maximum absolute atomic E-state index is 9.58. The fraction of sp³-hybridized carbons (Fsp3) is 0.733. The Morgan fingerprint density at radius 2 is 1.75 bits per heavy atom. The quantitative estimate of drug-likeness (QED) is 0.626. The van der Waals surface area contributed by atoms with Crippen molar-refractivity contribution in [2.75, 3.05) is 0 Å². The molecule has 0 aromatic carbocycles. The second-order valence-corrected chi connectivity index (χ2v) is 5.39. The zero-order chi connectivity index (χ0) is 12.6. The fourth-order valence-electron chi connectivity index (χ4n) is 1.59. The smallest absolute Gasteiger partial charge is 0.0591 e. The molecule has 0 unspecified atom stereocenters. The first-order valence-electron chi connectivity index (χ1n) is 6.35. The largest absolute Gasteiger partial charge is 0.390 e. The SMILES string of the molecule is C/C=C(\C)CC/C=C(\C)CCCC(C)(C)O. The van der Waals surface area contributed by atoms with E-state index < -0.39 is 5.60 Å². The van der Waals surface area contributed by atoms with Crippen molar-refractivity contribution in [2.24, 2.45) is 0 Å². The lowest BCUT2D eigenvalue weighted by molar-refractivity contribution is 0.0689. The molecule has 0 fully saturated rings. The van der Waals surface area contributed by atoms with E-state index in [1.165, 1.54) is 17.6 Å². The van der Waals surface area contributed by atoms with Crippen molar-refractivity contribution in [1.82, 2.24) is 0 Å². The molecule has 94 valence electrons. The van der Waals surface area contributed by atoms with Gasteiger partial charge >= 0.3 is 0 Å². The molecule has 0 atom stereocenters. The predicted octanol–water partition coefficient (Wildman–Crippen LogP) is 4.62. The molecule has 1 nitrogen and oxygen atoms in total. The average Bonchev–Trinajstić information content (AvgIpc) is 2.15. The zero-order valence-corrected chi connectivity index (χ0v) is 11.6. The van der Waals surface area contributed by atoms with Gasteiger partial charge in [0.15, 0.2) is 0 Å². The Kier molecular flexibility index (Phi) is 7.40. The van der Waals surface area contributed by atoms with Crippen LogP contribution in [0.1, 0.15) is 66.7 Å². The molecule has 0 amide bonds. The van der Waals surface area contributed by atoms with E-state index in [2.05, 4.69) is 32.9 Å². The van der Waals surface area contributed by atoms with Crippen molar-refractivity contribution in [3.05, 3.63) is 23.3 Å². The first-order chi connectivity index (χ1) is 7.35. The van der Waals surface area contributed by atoms with Crippen molar-refractivity contribution in [3.8, 4) is 0 Å². The molecule has 0 heterocycles. The molecule has 0 saturated carbocycles. The first-order valence-corrected chi connectivity index (χ1v) is 6.35. The number of aliphatic hydroxyl groups is 1. The van der Waals surface area contributed by atoms with Crippen LogP contribution in [-0.2, 0) is 0 Å². The molecular formula is C15H28O. The highest BCUT2D eigenvalue weighted by Crippen LogP contribution is 2.16. The van der Waals surface area contributed by atoms with Gasteiger partial charge in [0.2, 0.25) is 0 Å². The van der Waals surface area contributed by atoms with Gasteiger partial charge in [0.05, 0.1) is 5.60 Å². The Hall–Kier alpha value is -0.560. The minimum atomic E-state index is -0.512. The molecule has 0 aliphatic heterocycles. The molecule has 0 aromatic rings. The van der Waals surface area contributed by atoms with Crippen LogP contribution in [0.4, 0.5) is 0 Å². The standard InChI is InChI=1S/C15H28O/c1-6-13(2)9-7-10-14(3)11-8-12-15(4,5)16/h6,10,16H,7-9,11-12H2,1-5H3/b13-6+,14-10+. The highest BCUT2D eigenvalue weighted by atomic mass is 16.3. The van der Waals surface area contributed by atoms with Crippen molar-refractivity contribution in [3.63, 3.8) is 0 Å². The lowest BCUT2D eigenvalue weighted by atomic mass is 9.99. The summed E-state index contributed by atoms with van der Waals surface area (Å²) >= 11 is 0. The topological polar surface area (TPSA) is 20.2 Å². The maximum atomic E-state index is 9.58. The minimum absolute atomic E-state index is 0.512. The number of rotatable bonds is 7. The fourth-order valence-corrected chi connectivity index (χ4v) is 1.59. The van der Waals surface area contributed by atoms with Gasteiger partial charge in [-0.1, -0.05) is 23.3 Å². The van der Waals surface area contributed by atoms with Gasteiger partial charge in [-0.3, -0.25) is 0 Å². The predicted molar refractivity (Wildman–Crippen MR) is 72.6 cm³/mol. The van der Waals surface area contributed by atoms with E-state index in [0.717, 1.165) is 25.7 Å². The molecule has 0 aliphatic carbocycles. The molecule has 0 saturated heterocycles. The van der Waals surface area contributed by atoms with Crippen LogP contribution in [0.15, 0.2) is 23.3 Å². The number of hydrogen-bond donors (Lipinski definition) is 1. The summed E-state index contributed by atoms with van der Waals surface area (Å²) in [6.07, 6.45) is 9.89. The number of allylic oxidation sites excluding steroid dienone is 4. The molecule has 16 heavy (non-hydrogen) atoms. The summed E-state index contributed by atoms with van der Waals surface area (Å²) in [7, 11) is 0. The van der Waals surface area contributed by atoms with Crippen molar-refractivity contribution >= 4 is 0 Å². The highest BCUT2D eigenvalue weighted by molar-refractivity contribution is 5.02. The highest BCUT2D eigenvalue weighted by Gasteiger charge is 2.10. The zero-order valence-electron chi connectivity index (χ0n) is 11.6. The van der Waals surface area contributed by atoms with Crippen molar-refractivity contribution in [1.29, 1.82) is 0 Å². The van der Waals surface area contributed by atoms with Gasteiger partial charge < -0.3 is 5.11 Å². The Bertz CT molecular complexity index is 241. The average molecular weight is 224 g/mol. The summed E-state index contributed by atoms with van der Waals surface area (Å²) < 4.78 is 0. The van der Waals surface area contributed by atoms with Crippen LogP contribution >= 0.6 is 0 Å². The van der Waals surface area contributed by atoms with Crippen LogP contribution in [0.25, 0.3) is 0 Å².